The highest BCUT2D eigenvalue weighted by Crippen LogP contribution is 2.43. The minimum absolute atomic E-state index is 0.154. The fourth-order valence-corrected chi connectivity index (χ4v) is 2.99. The molecule has 0 spiro atoms. The zero-order valence-corrected chi connectivity index (χ0v) is 10.1. The van der Waals surface area contributed by atoms with Crippen molar-refractivity contribution < 1.29 is 9.59 Å². The third-order valence-electron chi connectivity index (χ3n) is 3.21. The molecular formula is C12H18N2O2. The first kappa shape index (κ1) is 12.8. The summed E-state index contributed by atoms with van der Waals surface area (Å²) in [7, 11) is 0. The van der Waals surface area contributed by atoms with Crippen LogP contribution in [0.15, 0.2) is 9.98 Å². The summed E-state index contributed by atoms with van der Waals surface area (Å²) in [6.07, 6.45) is 5.44. The van der Waals surface area contributed by atoms with Crippen molar-refractivity contribution in [3.63, 3.8) is 0 Å². The lowest BCUT2D eigenvalue weighted by Gasteiger charge is -2.39. The van der Waals surface area contributed by atoms with Gasteiger partial charge in [-0.25, -0.2) is 9.59 Å². The van der Waals surface area contributed by atoms with Crippen LogP contribution in [0, 0.1) is 17.3 Å². The van der Waals surface area contributed by atoms with Crippen LogP contribution in [0.5, 0.6) is 0 Å². The van der Waals surface area contributed by atoms with Crippen LogP contribution in [0.2, 0.25) is 0 Å². The summed E-state index contributed by atoms with van der Waals surface area (Å²) in [4.78, 5) is 27.8. The maximum Gasteiger partial charge on any atom is 0.237 e. The van der Waals surface area contributed by atoms with E-state index < -0.39 is 6.17 Å². The zero-order valence-electron chi connectivity index (χ0n) is 10.1. The Kier molecular flexibility index (Phi) is 4.17. The van der Waals surface area contributed by atoms with Crippen LogP contribution in [-0.2, 0) is 9.59 Å². The fraction of sp³-hybridized carbons (Fsp3) is 0.833. The summed E-state index contributed by atoms with van der Waals surface area (Å²) in [6, 6.07) is 0. The summed E-state index contributed by atoms with van der Waals surface area (Å²) >= 11 is 0. The van der Waals surface area contributed by atoms with Crippen molar-refractivity contribution in [3.05, 3.63) is 0 Å². The van der Waals surface area contributed by atoms with E-state index in [9.17, 15) is 9.59 Å². The van der Waals surface area contributed by atoms with E-state index >= 15 is 0 Å². The van der Waals surface area contributed by atoms with Gasteiger partial charge in [-0.2, -0.15) is 9.98 Å². The molecule has 0 aromatic carbocycles. The van der Waals surface area contributed by atoms with Gasteiger partial charge >= 0.3 is 0 Å². The first-order valence-corrected chi connectivity index (χ1v) is 5.62. The number of aliphatic imine (C=N–C) groups is 2. The van der Waals surface area contributed by atoms with Crippen LogP contribution in [-0.4, -0.2) is 18.3 Å². The normalized spacial score (nSPS) is 29.7. The van der Waals surface area contributed by atoms with Crippen LogP contribution in [0.25, 0.3) is 0 Å². The highest BCUT2D eigenvalue weighted by Gasteiger charge is 2.36. The molecule has 1 saturated carbocycles. The van der Waals surface area contributed by atoms with Crippen LogP contribution in [0.1, 0.15) is 40.0 Å². The minimum atomic E-state index is -0.586. The van der Waals surface area contributed by atoms with Crippen LogP contribution < -0.4 is 0 Å². The van der Waals surface area contributed by atoms with Crippen molar-refractivity contribution in [1.82, 2.24) is 0 Å². The Balaban J connectivity index is 2.84. The number of hydrogen-bond acceptors (Lipinski definition) is 4. The topological polar surface area (TPSA) is 58.9 Å². The smallest absolute Gasteiger partial charge is 0.211 e. The van der Waals surface area contributed by atoms with Crippen LogP contribution in [0.3, 0.4) is 0 Å². The molecule has 1 aliphatic carbocycles. The van der Waals surface area contributed by atoms with Gasteiger partial charge in [-0.3, -0.25) is 0 Å². The first-order chi connectivity index (χ1) is 7.48. The molecule has 0 aliphatic heterocycles. The lowest BCUT2D eigenvalue weighted by molar-refractivity contribution is 0.119. The molecule has 1 aliphatic rings. The Hall–Kier alpha value is -1.24. The van der Waals surface area contributed by atoms with Gasteiger partial charge in [0.2, 0.25) is 12.2 Å². The van der Waals surface area contributed by atoms with Crippen LogP contribution >= 0.6 is 0 Å². The monoisotopic (exact) mass is 222 g/mol. The molecule has 1 rings (SSSR count). The van der Waals surface area contributed by atoms with Crippen LogP contribution in [0.4, 0.5) is 0 Å². The van der Waals surface area contributed by atoms with E-state index in [2.05, 4.69) is 30.8 Å². The van der Waals surface area contributed by atoms with E-state index in [1.165, 1.54) is 12.2 Å². The highest BCUT2D eigenvalue weighted by molar-refractivity contribution is 5.37. The maximum absolute atomic E-state index is 10.3. The summed E-state index contributed by atoms with van der Waals surface area (Å²) < 4.78 is 0. The summed E-state index contributed by atoms with van der Waals surface area (Å²) in [6.45, 7) is 6.57. The lowest BCUT2D eigenvalue weighted by atomic mass is 9.67. The Morgan fingerprint density at radius 3 is 2.19 bits per heavy atom. The highest BCUT2D eigenvalue weighted by atomic mass is 16.1. The molecule has 0 bridgehead atoms. The quantitative estimate of drug-likeness (QED) is 0.544. The Bertz CT molecular complexity index is 321. The average Bonchev–Trinajstić information content (AvgIpc) is 2.14. The second-order valence-electron chi connectivity index (χ2n) is 5.53. The molecule has 2 atom stereocenters. The molecule has 88 valence electrons. The number of nitrogens with zero attached hydrogens (tertiary/aromatic N) is 2. The molecule has 4 nitrogen and oxygen atoms in total. The molecule has 0 amide bonds. The Morgan fingerprint density at radius 1 is 1.19 bits per heavy atom. The van der Waals surface area contributed by atoms with E-state index in [0.717, 1.165) is 19.3 Å². The molecule has 2 unspecified atom stereocenters. The van der Waals surface area contributed by atoms with E-state index in [1.807, 2.05) is 0 Å². The van der Waals surface area contributed by atoms with Gasteiger partial charge in [-0.1, -0.05) is 20.8 Å². The molecule has 0 heterocycles. The van der Waals surface area contributed by atoms with E-state index in [4.69, 9.17) is 0 Å². The SMILES string of the molecule is CC1CC(C(N=C=O)N=C=O)CC(C)(C)C1. The number of carbonyl (C=O) groups excluding carboxylic acids is 2. The molecule has 0 radical (unpaired) electrons. The van der Waals surface area contributed by atoms with Crippen molar-refractivity contribution in [2.75, 3.05) is 0 Å². The molecule has 1 fully saturated rings. The standard InChI is InChI=1S/C12H18N2O2/c1-9-4-10(6-12(2,3)5-9)11(13-7-15)14-8-16/h9-11H,4-6H2,1-3H3. The van der Waals surface area contributed by atoms with Gasteiger partial charge in [0.05, 0.1) is 0 Å². The zero-order chi connectivity index (χ0) is 12.2. The molecular weight excluding hydrogens is 204 g/mol. The summed E-state index contributed by atoms with van der Waals surface area (Å²) in [5, 5.41) is 0. The maximum atomic E-state index is 10.3. The average molecular weight is 222 g/mol. The predicted molar refractivity (Wildman–Crippen MR) is 60.3 cm³/mol. The Labute approximate surface area is 95.9 Å². The van der Waals surface area contributed by atoms with Crippen molar-refractivity contribution in [1.29, 1.82) is 0 Å². The van der Waals surface area contributed by atoms with Crippen molar-refractivity contribution >= 4 is 12.2 Å². The number of isocyanates is 2. The van der Waals surface area contributed by atoms with Gasteiger partial charge < -0.3 is 0 Å². The third-order valence-corrected chi connectivity index (χ3v) is 3.21. The van der Waals surface area contributed by atoms with Gasteiger partial charge in [-0.15, -0.1) is 0 Å². The second kappa shape index (κ2) is 5.20. The van der Waals surface area contributed by atoms with Gasteiger partial charge in [0, 0.05) is 5.92 Å². The first-order valence-electron chi connectivity index (χ1n) is 5.62. The molecule has 0 saturated heterocycles. The molecule has 0 aromatic rings. The fourth-order valence-electron chi connectivity index (χ4n) is 2.99. The summed E-state index contributed by atoms with van der Waals surface area (Å²) in [5.41, 5.74) is 0.220. The van der Waals surface area contributed by atoms with Gasteiger partial charge in [0.25, 0.3) is 0 Å². The van der Waals surface area contributed by atoms with Crippen molar-refractivity contribution in [3.8, 4) is 0 Å². The Morgan fingerprint density at radius 2 is 1.75 bits per heavy atom. The van der Waals surface area contributed by atoms with Crippen molar-refractivity contribution in [2.45, 2.75) is 46.2 Å². The van der Waals surface area contributed by atoms with E-state index in [1.54, 1.807) is 0 Å². The second-order valence-corrected chi connectivity index (χ2v) is 5.53. The van der Waals surface area contributed by atoms with E-state index in [-0.39, 0.29) is 11.3 Å². The van der Waals surface area contributed by atoms with E-state index in [0.29, 0.717) is 5.92 Å². The molecule has 0 N–H and O–H groups in total. The summed E-state index contributed by atoms with van der Waals surface area (Å²) in [5.74, 6) is 0.724. The number of rotatable bonds is 3. The van der Waals surface area contributed by atoms with Gasteiger partial charge in [-0.05, 0) is 30.6 Å². The molecule has 16 heavy (non-hydrogen) atoms. The lowest BCUT2D eigenvalue weighted by Crippen LogP contribution is -2.32. The van der Waals surface area contributed by atoms with Gasteiger partial charge in [0.1, 0.15) is 0 Å². The third kappa shape index (κ3) is 3.41. The minimum Gasteiger partial charge on any atom is -0.211 e. The molecule has 4 heteroatoms. The largest absolute Gasteiger partial charge is 0.237 e. The number of hydrogen-bond donors (Lipinski definition) is 0. The van der Waals surface area contributed by atoms with Crippen molar-refractivity contribution in [2.24, 2.45) is 27.2 Å². The molecule has 0 aromatic heterocycles. The predicted octanol–water partition coefficient (Wildman–Crippen LogP) is 2.45. The van der Waals surface area contributed by atoms with Gasteiger partial charge in [0.15, 0.2) is 6.17 Å².